The molecule has 0 aliphatic rings. The van der Waals surface area contributed by atoms with Gasteiger partial charge in [-0.05, 0) is 48.5 Å². The van der Waals surface area contributed by atoms with Crippen molar-refractivity contribution in [3.63, 3.8) is 0 Å². The maximum Gasteiger partial charge on any atom is 0.243 e. The van der Waals surface area contributed by atoms with Crippen molar-refractivity contribution in [3.05, 3.63) is 61.2 Å². The molecule has 2 aromatic rings. The minimum Gasteiger partial charge on any atom is -0.497 e. The number of ether oxygens (including phenoxy) is 1. The van der Waals surface area contributed by atoms with Crippen LogP contribution < -0.4 is 15.4 Å². The molecule has 0 atom stereocenters. The van der Waals surface area contributed by atoms with Crippen LogP contribution in [0.1, 0.15) is 0 Å². The number of amides is 1. The van der Waals surface area contributed by atoms with Crippen molar-refractivity contribution in [1.82, 2.24) is 4.31 Å². The number of sulfonamides is 1. The Kier molecular flexibility index (Phi) is 6.98. The number of hydrogen-bond acceptors (Lipinski definition) is 5. The average molecular weight is 389 g/mol. The van der Waals surface area contributed by atoms with E-state index in [0.29, 0.717) is 17.1 Å². The summed E-state index contributed by atoms with van der Waals surface area (Å²) in [5.74, 6) is 0.488. The number of benzene rings is 2. The van der Waals surface area contributed by atoms with Crippen LogP contribution in [0.4, 0.5) is 11.4 Å². The first kappa shape index (κ1) is 20.5. The molecule has 0 saturated heterocycles. The Hall–Kier alpha value is -2.84. The number of hydrogen-bond donors (Lipinski definition) is 2. The largest absolute Gasteiger partial charge is 0.497 e. The smallest absolute Gasteiger partial charge is 0.243 e. The second-order valence-electron chi connectivity index (χ2n) is 5.73. The quantitative estimate of drug-likeness (QED) is 0.644. The molecule has 27 heavy (non-hydrogen) atoms. The molecule has 0 radical (unpaired) electrons. The van der Waals surface area contributed by atoms with E-state index in [4.69, 9.17) is 4.74 Å². The van der Waals surface area contributed by atoms with Gasteiger partial charge in [-0.3, -0.25) is 4.79 Å². The van der Waals surface area contributed by atoms with Crippen LogP contribution in [0.5, 0.6) is 5.75 Å². The van der Waals surface area contributed by atoms with Gasteiger partial charge in [-0.15, -0.1) is 6.58 Å². The number of anilines is 2. The van der Waals surface area contributed by atoms with Gasteiger partial charge in [0.05, 0.1) is 18.6 Å². The Morgan fingerprint density at radius 1 is 1.11 bits per heavy atom. The molecule has 8 heteroatoms. The molecule has 0 fully saturated rings. The van der Waals surface area contributed by atoms with E-state index in [0.717, 1.165) is 0 Å². The number of methoxy groups -OCH3 is 1. The highest BCUT2D eigenvalue weighted by Gasteiger charge is 2.19. The van der Waals surface area contributed by atoms with Crippen molar-refractivity contribution in [2.45, 2.75) is 4.90 Å². The predicted molar refractivity (Wildman–Crippen MR) is 107 cm³/mol. The van der Waals surface area contributed by atoms with Crippen LogP contribution in [0.3, 0.4) is 0 Å². The van der Waals surface area contributed by atoms with Gasteiger partial charge in [-0.1, -0.05) is 6.08 Å². The van der Waals surface area contributed by atoms with Crippen molar-refractivity contribution in [1.29, 1.82) is 0 Å². The van der Waals surface area contributed by atoms with E-state index in [-0.39, 0.29) is 23.9 Å². The van der Waals surface area contributed by atoms with E-state index in [1.165, 1.54) is 29.6 Å². The number of carbonyl (C=O) groups excluding carboxylic acids is 1. The molecule has 144 valence electrons. The molecule has 2 N–H and O–H groups in total. The Morgan fingerprint density at radius 3 is 2.26 bits per heavy atom. The molecule has 2 aromatic carbocycles. The standard InChI is InChI=1S/C19H23N3O4S/c1-4-13-22(2)27(24,25)18-11-7-15(8-12-18)20-14-19(23)21-16-5-9-17(26-3)10-6-16/h4-12,20H,1,13-14H2,2-3H3,(H,21,23). The first-order chi connectivity index (χ1) is 12.9. The molecule has 0 aliphatic carbocycles. The van der Waals surface area contributed by atoms with Gasteiger partial charge < -0.3 is 15.4 Å². The van der Waals surface area contributed by atoms with Gasteiger partial charge in [0.1, 0.15) is 5.75 Å². The highest BCUT2D eigenvalue weighted by Crippen LogP contribution is 2.18. The number of rotatable bonds is 9. The molecule has 0 spiro atoms. The van der Waals surface area contributed by atoms with Crippen molar-refractivity contribution >= 4 is 27.3 Å². The van der Waals surface area contributed by atoms with Crippen LogP contribution in [0.2, 0.25) is 0 Å². The van der Waals surface area contributed by atoms with Crippen molar-refractivity contribution in [3.8, 4) is 5.75 Å². The van der Waals surface area contributed by atoms with Crippen molar-refractivity contribution < 1.29 is 17.9 Å². The summed E-state index contributed by atoms with van der Waals surface area (Å²) in [6.45, 7) is 3.82. The van der Waals surface area contributed by atoms with Gasteiger partial charge in [0, 0.05) is 25.0 Å². The van der Waals surface area contributed by atoms with E-state index < -0.39 is 10.0 Å². The van der Waals surface area contributed by atoms with Crippen LogP contribution in [0, 0.1) is 0 Å². The SMILES string of the molecule is C=CCN(C)S(=O)(=O)c1ccc(NCC(=O)Nc2ccc(OC)cc2)cc1. The lowest BCUT2D eigenvalue weighted by Gasteiger charge is -2.15. The van der Waals surface area contributed by atoms with E-state index in [9.17, 15) is 13.2 Å². The van der Waals surface area contributed by atoms with Crippen LogP contribution in [-0.4, -0.2) is 45.9 Å². The number of nitrogens with zero attached hydrogens (tertiary/aromatic N) is 1. The first-order valence-electron chi connectivity index (χ1n) is 8.22. The number of nitrogens with one attached hydrogen (secondary N) is 2. The molecule has 2 rings (SSSR count). The van der Waals surface area contributed by atoms with Crippen LogP contribution in [0.25, 0.3) is 0 Å². The summed E-state index contributed by atoms with van der Waals surface area (Å²) >= 11 is 0. The summed E-state index contributed by atoms with van der Waals surface area (Å²) in [6, 6.07) is 13.2. The van der Waals surface area contributed by atoms with E-state index >= 15 is 0 Å². The first-order valence-corrected chi connectivity index (χ1v) is 9.66. The molecule has 0 aliphatic heterocycles. The van der Waals surface area contributed by atoms with Gasteiger partial charge in [0.2, 0.25) is 15.9 Å². The summed E-state index contributed by atoms with van der Waals surface area (Å²) in [5, 5.41) is 5.72. The van der Waals surface area contributed by atoms with E-state index in [2.05, 4.69) is 17.2 Å². The van der Waals surface area contributed by atoms with Gasteiger partial charge in [0.15, 0.2) is 0 Å². The fraction of sp³-hybridized carbons (Fsp3) is 0.211. The molecular formula is C19H23N3O4S. The molecule has 0 aromatic heterocycles. The van der Waals surface area contributed by atoms with Crippen LogP contribution >= 0.6 is 0 Å². The normalized spacial score (nSPS) is 11.1. The molecule has 1 amide bonds. The zero-order chi connectivity index (χ0) is 19.9. The highest BCUT2D eigenvalue weighted by molar-refractivity contribution is 7.89. The molecule has 7 nitrogen and oxygen atoms in total. The summed E-state index contributed by atoms with van der Waals surface area (Å²) in [6.07, 6.45) is 1.52. The lowest BCUT2D eigenvalue weighted by molar-refractivity contribution is -0.114. The van der Waals surface area contributed by atoms with Gasteiger partial charge >= 0.3 is 0 Å². The van der Waals surface area contributed by atoms with Gasteiger partial charge in [0.25, 0.3) is 0 Å². The van der Waals surface area contributed by atoms with Crippen molar-refractivity contribution in [2.24, 2.45) is 0 Å². The molecule has 0 saturated carbocycles. The van der Waals surface area contributed by atoms with Crippen LogP contribution in [-0.2, 0) is 14.8 Å². The fourth-order valence-corrected chi connectivity index (χ4v) is 3.41. The second-order valence-corrected chi connectivity index (χ2v) is 7.77. The Bertz CT molecular complexity index is 878. The van der Waals surface area contributed by atoms with Gasteiger partial charge in [-0.2, -0.15) is 4.31 Å². The van der Waals surface area contributed by atoms with E-state index in [1.807, 2.05) is 0 Å². The van der Waals surface area contributed by atoms with Crippen LogP contribution in [0.15, 0.2) is 66.1 Å². The average Bonchev–Trinajstić information content (AvgIpc) is 2.67. The third-order valence-electron chi connectivity index (χ3n) is 3.78. The predicted octanol–water partition coefficient (Wildman–Crippen LogP) is 2.55. The maximum atomic E-state index is 12.3. The number of likely N-dealkylation sites (N-methyl/N-ethyl adjacent to an activating group) is 1. The fourth-order valence-electron chi connectivity index (χ4n) is 2.27. The molecule has 0 unspecified atom stereocenters. The molecule has 0 heterocycles. The van der Waals surface area contributed by atoms with E-state index in [1.54, 1.807) is 43.5 Å². The van der Waals surface area contributed by atoms with Crippen molar-refractivity contribution in [2.75, 3.05) is 37.9 Å². The summed E-state index contributed by atoms with van der Waals surface area (Å²) < 4.78 is 30.9. The topological polar surface area (TPSA) is 87.7 Å². The molecular weight excluding hydrogens is 366 g/mol. The lowest BCUT2D eigenvalue weighted by Crippen LogP contribution is -2.27. The Labute approximate surface area is 159 Å². The highest BCUT2D eigenvalue weighted by atomic mass is 32.2. The molecule has 0 bridgehead atoms. The van der Waals surface area contributed by atoms with Gasteiger partial charge in [-0.25, -0.2) is 8.42 Å². The second kappa shape index (κ2) is 9.20. The maximum absolute atomic E-state index is 12.3. The lowest BCUT2D eigenvalue weighted by atomic mass is 10.3. The summed E-state index contributed by atoms with van der Waals surface area (Å²) in [5.41, 5.74) is 1.31. The minimum atomic E-state index is -3.55. The monoisotopic (exact) mass is 389 g/mol. The Balaban J connectivity index is 1.92. The summed E-state index contributed by atoms with van der Waals surface area (Å²) in [4.78, 5) is 12.2. The zero-order valence-electron chi connectivity index (χ0n) is 15.3. The minimum absolute atomic E-state index is 0.0501. The number of carbonyl (C=O) groups is 1. The third kappa shape index (κ3) is 5.57. The Morgan fingerprint density at radius 2 is 1.70 bits per heavy atom. The third-order valence-corrected chi connectivity index (χ3v) is 5.61. The zero-order valence-corrected chi connectivity index (χ0v) is 16.1. The summed E-state index contributed by atoms with van der Waals surface area (Å²) in [7, 11) is -0.483.